The number of carbonyl (C=O) groups is 1. The van der Waals surface area contributed by atoms with Crippen molar-refractivity contribution in [2.45, 2.75) is 0 Å². The Labute approximate surface area is 143 Å². The van der Waals surface area contributed by atoms with Crippen LogP contribution in [0, 0.1) is 0 Å². The van der Waals surface area contributed by atoms with Crippen LogP contribution in [-0.2, 0) is 0 Å². The molecule has 2 aromatic carbocycles. The number of carbonyl (C=O) groups excluding carboxylic acids is 1. The van der Waals surface area contributed by atoms with E-state index in [1.165, 1.54) is 33.5 Å². The number of phenolic OH excluding ortho intramolecular Hbond substituents is 2. The maximum atomic E-state index is 12.4. The molecule has 0 aliphatic carbocycles. The summed E-state index contributed by atoms with van der Waals surface area (Å²) in [5.74, 6) is 0.366. The normalized spacial score (nSPS) is 14.2. The van der Waals surface area contributed by atoms with E-state index in [9.17, 15) is 15.0 Å². The third-order valence-electron chi connectivity index (χ3n) is 3.72. The number of Topliss-reactive ketones (excluding diaryl/α,β-unsaturated/α-hetero) is 1. The average molecular weight is 344 g/mol. The number of methoxy groups -OCH3 is 3. The Kier molecular flexibility index (Phi) is 4.14. The number of ether oxygens (including phenoxy) is 4. The molecule has 2 aromatic rings. The molecule has 130 valence electrons. The standard InChI is InChI=1S/C18H16O7/c1-22-14-5-9(6-15(23-2)18(14)24-3)4-13-17(21)16-11(20)7-10(19)8-12(16)25-13/h4-8,19-20H,1-3H3/b13-4-. The Hall–Kier alpha value is -3.35. The van der Waals surface area contributed by atoms with Crippen molar-refractivity contribution in [2.24, 2.45) is 0 Å². The van der Waals surface area contributed by atoms with Gasteiger partial charge >= 0.3 is 0 Å². The summed E-state index contributed by atoms with van der Waals surface area (Å²) < 4.78 is 21.3. The molecule has 0 aromatic heterocycles. The molecule has 0 amide bonds. The minimum Gasteiger partial charge on any atom is -0.508 e. The second-order valence-corrected chi connectivity index (χ2v) is 5.24. The molecule has 0 unspecified atom stereocenters. The summed E-state index contributed by atoms with van der Waals surface area (Å²) in [5.41, 5.74) is 0.589. The van der Waals surface area contributed by atoms with Crippen molar-refractivity contribution in [3.63, 3.8) is 0 Å². The lowest BCUT2D eigenvalue weighted by molar-refractivity contribution is 0.101. The number of rotatable bonds is 4. The van der Waals surface area contributed by atoms with E-state index in [0.717, 1.165) is 6.07 Å². The van der Waals surface area contributed by atoms with Gasteiger partial charge in [-0.05, 0) is 23.8 Å². The van der Waals surface area contributed by atoms with Crippen molar-refractivity contribution < 1.29 is 34.0 Å². The zero-order valence-electron chi connectivity index (χ0n) is 13.8. The number of hydrogen-bond donors (Lipinski definition) is 2. The smallest absolute Gasteiger partial charge is 0.235 e. The van der Waals surface area contributed by atoms with Crippen molar-refractivity contribution in [2.75, 3.05) is 21.3 Å². The van der Waals surface area contributed by atoms with Gasteiger partial charge in [-0.2, -0.15) is 0 Å². The van der Waals surface area contributed by atoms with Gasteiger partial charge in [-0.15, -0.1) is 0 Å². The van der Waals surface area contributed by atoms with Gasteiger partial charge in [-0.25, -0.2) is 0 Å². The van der Waals surface area contributed by atoms with Crippen LogP contribution in [0.4, 0.5) is 0 Å². The molecule has 0 radical (unpaired) electrons. The quantitative estimate of drug-likeness (QED) is 0.824. The first-order valence-corrected chi connectivity index (χ1v) is 7.28. The summed E-state index contributed by atoms with van der Waals surface area (Å²) in [4.78, 5) is 12.4. The molecule has 0 spiro atoms. The third kappa shape index (κ3) is 2.80. The van der Waals surface area contributed by atoms with Crippen LogP contribution in [0.15, 0.2) is 30.0 Å². The van der Waals surface area contributed by atoms with Gasteiger partial charge in [0.25, 0.3) is 0 Å². The molecule has 7 nitrogen and oxygen atoms in total. The first-order chi connectivity index (χ1) is 12.0. The lowest BCUT2D eigenvalue weighted by Crippen LogP contribution is -1.99. The van der Waals surface area contributed by atoms with Gasteiger partial charge in [0.15, 0.2) is 17.3 Å². The van der Waals surface area contributed by atoms with Crippen molar-refractivity contribution >= 4 is 11.9 Å². The molecule has 3 rings (SSSR count). The van der Waals surface area contributed by atoms with Gasteiger partial charge in [-0.1, -0.05) is 0 Å². The van der Waals surface area contributed by atoms with Crippen LogP contribution in [-0.4, -0.2) is 37.3 Å². The molecule has 25 heavy (non-hydrogen) atoms. The Balaban J connectivity index is 2.05. The molecule has 1 heterocycles. The van der Waals surface area contributed by atoms with Crippen LogP contribution in [0.2, 0.25) is 0 Å². The highest BCUT2D eigenvalue weighted by atomic mass is 16.5. The highest BCUT2D eigenvalue weighted by Crippen LogP contribution is 2.42. The summed E-state index contributed by atoms with van der Waals surface area (Å²) in [6.07, 6.45) is 1.49. The van der Waals surface area contributed by atoms with Crippen molar-refractivity contribution in [1.82, 2.24) is 0 Å². The molecule has 0 atom stereocenters. The lowest BCUT2D eigenvalue weighted by Gasteiger charge is -2.13. The van der Waals surface area contributed by atoms with Crippen molar-refractivity contribution in [1.29, 1.82) is 0 Å². The molecule has 0 saturated carbocycles. The number of phenols is 2. The van der Waals surface area contributed by atoms with Crippen molar-refractivity contribution in [3.8, 4) is 34.5 Å². The van der Waals surface area contributed by atoms with Crippen LogP contribution in [0.5, 0.6) is 34.5 Å². The van der Waals surface area contributed by atoms with Gasteiger partial charge in [0.1, 0.15) is 22.8 Å². The first kappa shape index (κ1) is 16.5. The molecule has 0 saturated heterocycles. The highest BCUT2D eigenvalue weighted by Gasteiger charge is 2.31. The SMILES string of the molecule is COc1cc(/C=C2\Oc3cc(O)cc(O)c3C2=O)cc(OC)c1OC. The monoisotopic (exact) mass is 344 g/mol. The summed E-state index contributed by atoms with van der Waals surface area (Å²) in [6.45, 7) is 0. The van der Waals surface area contributed by atoms with Crippen LogP contribution in [0.1, 0.15) is 15.9 Å². The van der Waals surface area contributed by atoms with Crippen LogP contribution in [0.25, 0.3) is 6.08 Å². The predicted octanol–water partition coefficient (Wildman–Crippen LogP) is 2.74. The number of aromatic hydroxyl groups is 2. The van der Waals surface area contributed by atoms with E-state index in [0.29, 0.717) is 22.8 Å². The molecule has 2 N–H and O–H groups in total. The lowest BCUT2D eigenvalue weighted by atomic mass is 10.1. The zero-order chi connectivity index (χ0) is 18.1. The second-order valence-electron chi connectivity index (χ2n) is 5.24. The Bertz CT molecular complexity index is 858. The number of ketones is 1. The summed E-state index contributed by atoms with van der Waals surface area (Å²) in [5, 5.41) is 19.4. The number of fused-ring (bicyclic) bond motifs is 1. The van der Waals surface area contributed by atoms with E-state index >= 15 is 0 Å². The molecule has 1 aliphatic rings. The van der Waals surface area contributed by atoms with E-state index in [1.54, 1.807) is 12.1 Å². The van der Waals surface area contributed by atoms with Crippen LogP contribution >= 0.6 is 0 Å². The van der Waals surface area contributed by atoms with Crippen molar-refractivity contribution in [3.05, 3.63) is 41.2 Å². The molecule has 0 fully saturated rings. The predicted molar refractivity (Wildman–Crippen MR) is 88.8 cm³/mol. The van der Waals surface area contributed by atoms with E-state index < -0.39 is 5.78 Å². The van der Waals surface area contributed by atoms with Gasteiger partial charge in [0.05, 0.1) is 21.3 Å². The fourth-order valence-electron chi connectivity index (χ4n) is 2.61. The summed E-state index contributed by atoms with van der Waals surface area (Å²) >= 11 is 0. The Morgan fingerprint density at radius 1 is 0.960 bits per heavy atom. The van der Waals surface area contributed by atoms with Gasteiger partial charge in [-0.3, -0.25) is 4.79 Å². The fraction of sp³-hybridized carbons (Fsp3) is 0.167. The second kappa shape index (κ2) is 6.27. The van der Waals surface area contributed by atoms with E-state index in [4.69, 9.17) is 18.9 Å². The molecule has 1 aliphatic heterocycles. The maximum absolute atomic E-state index is 12.4. The van der Waals surface area contributed by atoms with E-state index in [-0.39, 0.29) is 28.6 Å². The minimum atomic E-state index is -0.485. The maximum Gasteiger partial charge on any atom is 0.235 e. The summed E-state index contributed by atoms with van der Waals surface area (Å²) in [6, 6.07) is 5.67. The highest BCUT2D eigenvalue weighted by molar-refractivity contribution is 6.16. The Morgan fingerprint density at radius 2 is 1.60 bits per heavy atom. The minimum absolute atomic E-state index is 0.00479. The largest absolute Gasteiger partial charge is 0.508 e. The van der Waals surface area contributed by atoms with Gasteiger partial charge in [0, 0.05) is 12.1 Å². The zero-order valence-corrected chi connectivity index (χ0v) is 13.8. The molecule has 0 bridgehead atoms. The molecular formula is C18H16O7. The van der Waals surface area contributed by atoms with E-state index in [1.807, 2.05) is 0 Å². The average Bonchev–Trinajstić information content (AvgIpc) is 2.89. The number of hydrogen-bond acceptors (Lipinski definition) is 7. The Morgan fingerprint density at radius 3 is 2.16 bits per heavy atom. The first-order valence-electron chi connectivity index (χ1n) is 7.28. The van der Waals surface area contributed by atoms with Gasteiger partial charge < -0.3 is 29.2 Å². The van der Waals surface area contributed by atoms with Crippen LogP contribution in [0.3, 0.4) is 0 Å². The number of benzene rings is 2. The number of allylic oxidation sites excluding steroid dienone is 1. The third-order valence-corrected chi connectivity index (χ3v) is 3.72. The van der Waals surface area contributed by atoms with Crippen LogP contribution < -0.4 is 18.9 Å². The van der Waals surface area contributed by atoms with Gasteiger partial charge in [0.2, 0.25) is 11.5 Å². The summed E-state index contributed by atoms with van der Waals surface area (Å²) in [7, 11) is 4.47. The molecule has 7 heteroatoms. The fourth-order valence-corrected chi connectivity index (χ4v) is 2.61. The topological polar surface area (TPSA) is 94.5 Å². The molecular weight excluding hydrogens is 328 g/mol. The van der Waals surface area contributed by atoms with E-state index in [2.05, 4.69) is 0 Å².